The molecule has 31 heavy (non-hydrogen) atoms. The van der Waals surface area contributed by atoms with Crippen LogP contribution in [0.5, 0.6) is 5.75 Å². The molecule has 0 unspecified atom stereocenters. The quantitative estimate of drug-likeness (QED) is 0.324. The van der Waals surface area contributed by atoms with E-state index in [1.165, 1.54) is 5.56 Å². The smallest absolute Gasteiger partial charge is 0.277 e. The molecule has 0 aliphatic heterocycles. The topological polar surface area (TPSA) is 55.6 Å². The highest BCUT2D eigenvalue weighted by Crippen LogP contribution is 2.22. The number of fused-ring (bicyclic) bond motifs is 1. The van der Waals surface area contributed by atoms with E-state index in [-0.39, 0.29) is 12.5 Å². The number of nitrogens with zero attached hydrogens (tertiary/aromatic N) is 2. The molecule has 1 heterocycles. The van der Waals surface area contributed by atoms with Gasteiger partial charge in [0.25, 0.3) is 5.91 Å². The Labute approximate surface area is 185 Å². The number of hydrogen-bond acceptors (Lipinski definition) is 3. The number of nitrogens with one attached hydrogen (secondary N) is 1. The van der Waals surface area contributed by atoms with Crippen LogP contribution in [0.3, 0.4) is 0 Å². The fourth-order valence-corrected chi connectivity index (χ4v) is 3.64. The van der Waals surface area contributed by atoms with Crippen LogP contribution in [0.2, 0.25) is 5.02 Å². The predicted molar refractivity (Wildman–Crippen MR) is 125 cm³/mol. The first-order chi connectivity index (χ1) is 15.1. The Morgan fingerprint density at radius 3 is 2.68 bits per heavy atom. The largest absolute Gasteiger partial charge is 0.483 e. The number of halogens is 1. The molecular weight excluding hydrogens is 410 g/mol. The third-order valence-corrected chi connectivity index (χ3v) is 5.14. The Morgan fingerprint density at radius 1 is 1.10 bits per heavy atom. The Hall–Kier alpha value is -3.57. The van der Waals surface area contributed by atoms with Crippen molar-refractivity contribution >= 4 is 34.6 Å². The summed E-state index contributed by atoms with van der Waals surface area (Å²) in [6.07, 6.45) is 3.70. The number of benzene rings is 3. The average molecular weight is 432 g/mol. The zero-order valence-corrected chi connectivity index (χ0v) is 17.8. The number of rotatable bonds is 7. The first-order valence-corrected chi connectivity index (χ1v) is 10.3. The third kappa shape index (κ3) is 5.13. The highest BCUT2D eigenvalue weighted by Gasteiger charge is 2.08. The molecule has 156 valence electrons. The number of amides is 1. The molecule has 0 radical (unpaired) electrons. The van der Waals surface area contributed by atoms with Crippen LogP contribution in [0.25, 0.3) is 10.9 Å². The normalized spacial score (nSPS) is 11.2. The van der Waals surface area contributed by atoms with Gasteiger partial charge in [0.05, 0.1) is 6.21 Å². The van der Waals surface area contributed by atoms with Crippen LogP contribution in [0, 0.1) is 6.92 Å². The number of para-hydroxylation sites is 1. The lowest BCUT2D eigenvalue weighted by Crippen LogP contribution is -2.24. The number of carbonyl (C=O) groups excluding carboxylic acids is 1. The van der Waals surface area contributed by atoms with Gasteiger partial charge in [0, 0.05) is 34.2 Å². The molecule has 0 fully saturated rings. The van der Waals surface area contributed by atoms with Crippen molar-refractivity contribution in [2.75, 3.05) is 6.61 Å². The van der Waals surface area contributed by atoms with Crippen LogP contribution >= 0.6 is 11.6 Å². The Bertz CT molecular complexity index is 1230. The van der Waals surface area contributed by atoms with Crippen molar-refractivity contribution < 1.29 is 9.53 Å². The lowest BCUT2D eigenvalue weighted by atomic mass is 10.2. The predicted octanol–water partition coefficient (Wildman–Crippen LogP) is 5.18. The molecule has 6 heteroatoms. The van der Waals surface area contributed by atoms with Gasteiger partial charge in [-0.3, -0.25) is 4.79 Å². The van der Waals surface area contributed by atoms with Crippen molar-refractivity contribution in [2.24, 2.45) is 5.10 Å². The maximum atomic E-state index is 12.1. The molecular formula is C25H22ClN3O2. The van der Waals surface area contributed by atoms with Crippen LogP contribution in [-0.4, -0.2) is 23.3 Å². The highest BCUT2D eigenvalue weighted by molar-refractivity contribution is 6.30. The van der Waals surface area contributed by atoms with Gasteiger partial charge in [-0.1, -0.05) is 60.1 Å². The van der Waals surface area contributed by atoms with Gasteiger partial charge in [-0.2, -0.15) is 5.10 Å². The molecule has 0 spiro atoms. The van der Waals surface area contributed by atoms with Crippen molar-refractivity contribution in [2.45, 2.75) is 13.5 Å². The van der Waals surface area contributed by atoms with Crippen LogP contribution in [-0.2, 0) is 11.3 Å². The zero-order chi connectivity index (χ0) is 21.6. The molecule has 0 aliphatic carbocycles. The van der Waals surface area contributed by atoms with Gasteiger partial charge >= 0.3 is 0 Å². The minimum Gasteiger partial charge on any atom is -0.483 e. The van der Waals surface area contributed by atoms with E-state index in [2.05, 4.69) is 33.3 Å². The van der Waals surface area contributed by atoms with E-state index < -0.39 is 0 Å². The second-order valence-electron chi connectivity index (χ2n) is 7.21. The molecule has 1 N–H and O–H groups in total. The van der Waals surface area contributed by atoms with Crippen LogP contribution in [0.1, 0.15) is 16.7 Å². The Kier molecular flexibility index (Phi) is 6.34. The van der Waals surface area contributed by atoms with Crippen LogP contribution in [0.4, 0.5) is 0 Å². The van der Waals surface area contributed by atoms with Gasteiger partial charge < -0.3 is 9.30 Å². The van der Waals surface area contributed by atoms with E-state index in [9.17, 15) is 4.79 Å². The number of hydrogen-bond donors (Lipinski definition) is 1. The molecule has 4 aromatic rings. The van der Waals surface area contributed by atoms with E-state index in [4.69, 9.17) is 16.3 Å². The lowest BCUT2D eigenvalue weighted by Gasteiger charge is -2.08. The summed E-state index contributed by atoms with van der Waals surface area (Å²) in [4.78, 5) is 12.1. The number of hydrazone groups is 1. The molecule has 0 bridgehead atoms. The third-order valence-electron chi connectivity index (χ3n) is 4.90. The van der Waals surface area contributed by atoms with Gasteiger partial charge in [-0.25, -0.2) is 5.43 Å². The maximum absolute atomic E-state index is 12.1. The molecule has 1 amide bonds. The van der Waals surface area contributed by atoms with Crippen LogP contribution < -0.4 is 10.2 Å². The summed E-state index contributed by atoms with van der Waals surface area (Å²) in [6.45, 7) is 2.51. The van der Waals surface area contributed by atoms with Crippen molar-refractivity contribution in [3.05, 3.63) is 101 Å². The Morgan fingerprint density at radius 2 is 1.87 bits per heavy atom. The first-order valence-electron chi connectivity index (χ1n) is 9.93. The van der Waals surface area contributed by atoms with Crippen molar-refractivity contribution in [3.8, 4) is 5.75 Å². The summed E-state index contributed by atoms with van der Waals surface area (Å²) < 4.78 is 7.73. The van der Waals surface area contributed by atoms with Gasteiger partial charge in [0.15, 0.2) is 6.61 Å². The van der Waals surface area contributed by atoms with E-state index in [1.807, 2.05) is 49.5 Å². The minimum atomic E-state index is -0.335. The summed E-state index contributed by atoms with van der Waals surface area (Å²) in [5.74, 6) is 0.283. The average Bonchev–Trinajstić information content (AvgIpc) is 3.11. The maximum Gasteiger partial charge on any atom is 0.277 e. The fourth-order valence-electron chi connectivity index (χ4n) is 3.41. The highest BCUT2D eigenvalue weighted by atomic mass is 35.5. The molecule has 1 aromatic heterocycles. The van der Waals surface area contributed by atoms with Gasteiger partial charge in [-0.05, 0) is 42.3 Å². The van der Waals surface area contributed by atoms with E-state index in [0.29, 0.717) is 10.8 Å². The molecule has 4 rings (SSSR count). The standard InChI is InChI=1S/C25H22ClN3O2/c1-18-13-21(26)11-12-24(18)31-17-25(30)28-27-14-20-16-29(15-19-7-3-2-4-8-19)23-10-6-5-9-22(20)23/h2-14,16H,15,17H2,1H3,(H,28,30)/b27-14+. The molecule has 0 saturated carbocycles. The SMILES string of the molecule is Cc1cc(Cl)ccc1OCC(=O)N/N=C/c1cn(Cc2ccccc2)c2ccccc12. The summed E-state index contributed by atoms with van der Waals surface area (Å²) >= 11 is 5.94. The van der Waals surface area contributed by atoms with E-state index in [1.54, 1.807) is 24.4 Å². The van der Waals surface area contributed by atoms with E-state index >= 15 is 0 Å². The zero-order valence-electron chi connectivity index (χ0n) is 17.1. The number of carbonyl (C=O) groups is 1. The van der Waals surface area contributed by atoms with Crippen molar-refractivity contribution in [3.63, 3.8) is 0 Å². The molecule has 0 atom stereocenters. The fraction of sp³-hybridized carbons (Fsp3) is 0.120. The molecule has 0 aliphatic rings. The second-order valence-corrected chi connectivity index (χ2v) is 7.64. The lowest BCUT2D eigenvalue weighted by molar-refractivity contribution is -0.123. The van der Waals surface area contributed by atoms with Gasteiger partial charge in [0.2, 0.25) is 0 Å². The van der Waals surface area contributed by atoms with Gasteiger partial charge in [0.1, 0.15) is 5.75 Å². The van der Waals surface area contributed by atoms with E-state index in [0.717, 1.165) is 28.6 Å². The second kappa shape index (κ2) is 9.49. The summed E-state index contributed by atoms with van der Waals surface area (Å²) in [5.41, 5.74) is 6.66. The molecule has 3 aromatic carbocycles. The molecule has 0 saturated heterocycles. The minimum absolute atomic E-state index is 0.129. The van der Waals surface area contributed by atoms with Gasteiger partial charge in [-0.15, -0.1) is 0 Å². The number of aryl methyl sites for hydroxylation is 1. The van der Waals surface area contributed by atoms with Crippen molar-refractivity contribution in [1.82, 2.24) is 9.99 Å². The number of aromatic nitrogens is 1. The summed E-state index contributed by atoms with van der Waals surface area (Å²) in [7, 11) is 0. The van der Waals surface area contributed by atoms with Crippen molar-refractivity contribution in [1.29, 1.82) is 0 Å². The number of ether oxygens (including phenoxy) is 1. The molecule has 5 nitrogen and oxygen atoms in total. The summed E-state index contributed by atoms with van der Waals surface area (Å²) in [6, 6.07) is 23.7. The Balaban J connectivity index is 1.42. The monoisotopic (exact) mass is 431 g/mol. The summed E-state index contributed by atoms with van der Waals surface area (Å²) in [5, 5.41) is 5.83. The first kappa shape index (κ1) is 20.7. The van der Waals surface area contributed by atoms with Crippen LogP contribution in [0.15, 0.2) is 84.1 Å².